The second kappa shape index (κ2) is 2.89. The van der Waals surface area contributed by atoms with E-state index < -0.39 is 0 Å². The molecule has 0 saturated heterocycles. The van der Waals surface area contributed by atoms with Crippen LogP contribution in [0.2, 0.25) is 0 Å². The standard InChI is InChI=1S/C11H16N/c1-9(2)12-8-4-6-10-5-3-7-11(10)12/h4,6,8-9H,3,5,7H2,1-2H3/q+1. The van der Waals surface area contributed by atoms with Crippen LogP contribution in [0.5, 0.6) is 0 Å². The minimum absolute atomic E-state index is 0.609. The molecule has 2 rings (SSSR count). The van der Waals surface area contributed by atoms with E-state index in [4.69, 9.17) is 0 Å². The van der Waals surface area contributed by atoms with Crippen LogP contribution in [-0.4, -0.2) is 0 Å². The van der Waals surface area contributed by atoms with E-state index in [2.05, 4.69) is 36.7 Å². The predicted octanol–water partition coefficient (Wildman–Crippen LogP) is 2.04. The maximum absolute atomic E-state index is 2.41. The molecule has 0 spiro atoms. The zero-order valence-electron chi connectivity index (χ0n) is 7.88. The Morgan fingerprint density at radius 1 is 1.33 bits per heavy atom. The Hall–Kier alpha value is -0.850. The number of nitrogens with zero attached hydrogens (tertiary/aromatic N) is 1. The molecule has 1 heterocycles. The first-order chi connectivity index (χ1) is 5.79. The van der Waals surface area contributed by atoms with Gasteiger partial charge in [-0.1, -0.05) is 0 Å². The van der Waals surface area contributed by atoms with Crippen LogP contribution in [0.1, 0.15) is 37.6 Å². The fraction of sp³-hybridized carbons (Fsp3) is 0.545. The molecule has 0 bridgehead atoms. The first kappa shape index (κ1) is 7.78. The molecule has 0 N–H and O–H groups in total. The van der Waals surface area contributed by atoms with Crippen molar-refractivity contribution in [2.45, 2.75) is 39.2 Å². The van der Waals surface area contributed by atoms with Crippen molar-refractivity contribution >= 4 is 0 Å². The van der Waals surface area contributed by atoms with Gasteiger partial charge in [-0.25, -0.2) is 4.57 Å². The van der Waals surface area contributed by atoms with E-state index in [1.807, 2.05) is 0 Å². The van der Waals surface area contributed by atoms with Gasteiger partial charge in [-0.2, -0.15) is 0 Å². The third-order valence-electron chi connectivity index (χ3n) is 2.64. The Kier molecular flexibility index (Phi) is 1.87. The first-order valence-electron chi connectivity index (χ1n) is 4.81. The van der Waals surface area contributed by atoms with Crippen LogP contribution < -0.4 is 4.57 Å². The lowest BCUT2D eigenvalue weighted by Crippen LogP contribution is -2.40. The molecule has 1 heteroatoms. The lowest BCUT2D eigenvalue weighted by molar-refractivity contribution is -0.722. The molecule has 1 aromatic rings. The number of hydrogen-bond donors (Lipinski definition) is 0. The first-order valence-corrected chi connectivity index (χ1v) is 4.81. The van der Waals surface area contributed by atoms with Crippen LogP contribution >= 0.6 is 0 Å². The maximum atomic E-state index is 2.41. The van der Waals surface area contributed by atoms with Crippen LogP contribution in [0, 0.1) is 0 Å². The summed E-state index contributed by atoms with van der Waals surface area (Å²) in [5.41, 5.74) is 3.12. The Bertz CT molecular complexity index is 289. The van der Waals surface area contributed by atoms with Gasteiger partial charge in [0.15, 0.2) is 17.9 Å². The van der Waals surface area contributed by atoms with Crippen LogP contribution in [0.4, 0.5) is 0 Å². The minimum atomic E-state index is 0.609. The largest absolute Gasteiger partial charge is 0.200 e. The Labute approximate surface area is 74.0 Å². The molecule has 0 fully saturated rings. The van der Waals surface area contributed by atoms with E-state index in [0.29, 0.717) is 6.04 Å². The average Bonchev–Trinajstić information content (AvgIpc) is 2.49. The third-order valence-corrected chi connectivity index (χ3v) is 2.64. The SMILES string of the molecule is CC(C)[n+]1cccc2c1CCC2. The fourth-order valence-corrected chi connectivity index (χ4v) is 2.05. The van der Waals surface area contributed by atoms with E-state index in [-0.39, 0.29) is 0 Å². The normalized spacial score (nSPS) is 15.2. The molecule has 12 heavy (non-hydrogen) atoms. The van der Waals surface area contributed by atoms with E-state index >= 15 is 0 Å². The molecule has 1 nitrogen and oxygen atoms in total. The summed E-state index contributed by atoms with van der Waals surface area (Å²) in [5, 5.41) is 0. The highest BCUT2D eigenvalue weighted by atomic mass is 15.0. The number of hydrogen-bond acceptors (Lipinski definition) is 0. The van der Waals surface area contributed by atoms with E-state index in [1.54, 1.807) is 11.3 Å². The number of rotatable bonds is 1. The zero-order valence-corrected chi connectivity index (χ0v) is 7.88. The summed E-state index contributed by atoms with van der Waals surface area (Å²) in [5.74, 6) is 0. The highest BCUT2D eigenvalue weighted by Gasteiger charge is 2.22. The third kappa shape index (κ3) is 1.13. The zero-order chi connectivity index (χ0) is 8.55. The van der Waals surface area contributed by atoms with Crippen LogP contribution in [0.25, 0.3) is 0 Å². The molecule has 0 amide bonds. The van der Waals surface area contributed by atoms with Gasteiger partial charge >= 0.3 is 0 Å². The predicted molar refractivity (Wildman–Crippen MR) is 49.0 cm³/mol. The van der Waals surface area contributed by atoms with Gasteiger partial charge in [0.05, 0.1) is 0 Å². The van der Waals surface area contributed by atoms with Crippen LogP contribution in [0.3, 0.4) is 0 Å². The van der Waals surface area contributed by atoms with Crippen molar-refractivity contribution in [3.8, 4) is 0 Å². The summed E-state index contributed by atoms with van der Waals surface area (Å²) < 4.78 is 2.41. The number of aryl methyl sites for hydroxylation is 1. The highest BCUT2D eigenvalue weighted by Crippen LogP contribution is 2.18. The van der Waals surface area contributed by atoms with Crippen molar-refractivity contribution in [1.82, 2.24) is 0 Å². The second-order valence-corrected chi connectivity index (χ2v) is 3.83. The quantitative estimate of drug-likeness (QED) is 0.556. The van der Waals surface area contributed by atoms with Gasteiger partial charge in [0.25, 0.3) is 0 Å². The molecule has 0 aliphatic heterocycles. The van der Waals surface area contributed by atoms with Crippen molar-refractivity contribution in [2.24, 2.45) is 0 Å². The molecule has 0 radical (unpaired) electrons. The Morgan fingerprint density at radius 3 is 2.92 bits per heavy atom. The summed E-state index contributed by atoms with van der Waals surface area (Å²) in [6.45, 7) is 4.50. The second-order valence-electron chi connectivity index (χ2n) is 3.83. The van der Waals surface area contributed by atoms with Gasteiger partial charge in [0, 0.05) is 18.1 Å². The van der Waals surface area contributed by atoms with Gasteiger partial charge in [-0.15, -0.1) is 0 Å². The summed E-state index contributed by atoms with van der Waals surface area (Å²) >= 11 is 0. The monoisotopic (exact) mass is 162 g/mol. The Balaban J connectivity index is 2.49. The van der Waals surface area contributed by atoms with Gasteiger partial charge in [-0.05, 0) is 32.8 Å². The molecule has 0 atom stereocenters. The minimum Gasteiger partial charge on any atom is -0.200 e. The van der Waals surface area contributed by atoms with Crippen molar-refractivity contribution in [1.29, 1.82) is 0 Å². The van der Waals surface area contributed by atoms with E-state index in [1.165, 1.54) is 19.3 Å². The summed E-state index contributed by atoms with van der Waals surface area (Å²) in [4.78, 5) is 0. The van der Waals surface area contributed by atoms with Crippen molar-refractivity contribution < 1.29 is 4.57 Å². The van der Waals surface area contributed by atoms with E-state index in [0.717, 1.165) is 0 Å². The molecule has 1 aromatic heterocycles. The fourth-order valence-electron chi connectivity index (χ4n) is 2.05. The van der Waals surface area contributed by atoms with Crippen LogP contribution in [0.15, 0.2) is 18.3 Å². The van der Waals surface area contributed by atoms with Gasteiger partial charge in [-0.3, -0.25) is 0 Å². The van der Waals surface area contributed by atoms with Crippen molar-refractivity contribution in [2.75, 3.05) is 0 Å². The number of fused-ring (bicyclic) bond motifs is 1. The topological polar surface area (TPSA) is 3.88 Å². The lowest BCUT2D eigenvalue weighted by atomic mass is 10.2. The van der Waals surface area contributed by atoms with E-state index in [9.17, 15) is 0 Å². The Morgan fingerprint density at radius 2 is 2.17 bits per heavy atom. The molecule has 0 unspecified atom stereocenters. The number of pyridine rings is 1. The molecule has 1 aliphatic rings. The molecule has 0 aromatic carbocycles. The van der Waals surface area contributed by atoms with Crippen molar-refractivity contribution in [3.63, 3.8) is 0 Å². The van der Waals surface area contributed by atoms with Crippen molar-refractivity contribution in [3.05, 3.63) is 29.6 Å². The number of aromatic nitrogens is 1. The summed E-state index contributed by atoms with van der Waals surface area (Å²) in [7, 11) is 0. The summed E-state index contributed by atoms with van der Waals surface area (Å²) in [6, 6.07) is 5.05. The van der Waals surface area contributed by atoms with Crippen LogP contribution in [-0.2, 0) is 12.8 Å². The summed E-state index contributed by atoms with van der Waals surface area (Å²) in [6.07, 6.45) is 6.10. The molecular weight excluding hydrogens is 146 g/mol. The average molecular weight is 162 g/mol. The molecule has 0 saturated carbocycles. The van der Waals surface area contributed by atoms with Gasteiger partial charge < -0.3 is 0 Å². The maximum Gasteiger partial charge on any atom is 0.184 e. The van der Waals surface area contributed by atoms with Gasteiger partial charge in [0.1, 0.15) is 0 Å². The lowest BCUT2D eigenvalue weighted by Gasteiger charge is -2.04. The highest BCUT2D eigenvalue weighted by molar-refractivity contribution is 5.20. The van der Waals surface area contributed by atoms with Gasteiger partial charge in [0.2, 0.25) is 0 Å². The molecule has 1 aliphatic carbocycles. The molecule has 64 valence electrons. The smallest absolute Gasteiger partial charge is 0.184 e. The molecular formula is C11H16N+.